The summed E-state index contributed by atoms with van der Waals surface area (Å²) >= 11 is 0. The van der Waals surface area contributed by atoms with Crippen molar-refractivity contribution in [2.24, 2.45) is 50.2 Å². The number of carboxylic acids is 1. The minimum absolute atomic E-state index is 0.0209. The van der Waals surface area contributed by atoms with Crippen LogP contribution >= 0.6 is 0 Å². The molecule has 5 fully saturated rings. The molecule has 0 aromatic carbocycles. The molecule has 0 aromatic rings. The molecule has 4 saturated carbocycles. The molecule has 0 unspecified atom stereocenters. The maximum absolute atomic E-state index is 11.7. The van der Waals surface area contributed by atoms with Crippen molar-refractivity contribution in [3.05, 3.63) is 11.6 Å². The molecule has 0 bridgehead atoms. The number of aliphatic hydroxyl groups is 5. The lowest BCUT2D eigenvalue weighted by Gasteiger charge is -2.72. The molecule has 9 nitrogen and oxygen atoms in total. The topological polar surface area (TPSA) is 157 Å². The minimum Gasteiger partial charge on any atom is -0.479 e. The van der Waals surface area contributed by atoms with E-state index in [1.165, 1.54) is 0 Å². The van der Waals surface area contributed by atoms with Gasteiger partial charge in [0.1, 0.15) is 18.3 Å². The molecule has 6 aliphatic rings. The molecule has 256 valence electrons. The molecule has 1 heterocycles. The maximum Gasteiger partial charge on any atom is 0.335 e. The Balaban J connectivity index is 1.30. The lowest BCUT2D eigenvalue weighted by atomic mass is 9.33. The molecule has 1 saturated heterocycles. The monoisotopic (exact) mass is 634 g/mol. The van der Waals surface area contributed by atoms with Crippen LogP contribution in [-0.2, 0) is 14.3 Å². The number of hydrogen-bond acceptors (Lipinski definition) is 8. The first-order valence-electron chi connectivity index (χ1n) is 17.4. The summed E-state index contributed by atoms with van der Waals surface area (Å²) in [5.41, 5.74) is 0.871. The molecule has 0 amide bonds. The number of aliphatic carboxylic acids is 1. The molecule has 9 heteroatoms. The van der Waals surface area contributed by atoms with Crippen LogP contribution in [0.2, 0.25) is 0 Å². The summed E-state index contributed by atoms with van der Waals surface area (Å²) in [6.07, 6.45) is 1.81. The van der Waals surface area contributed by atoms with E-state index in [4.69, 9.17) is 9.47 Å². The Morgan fingerprint density at radius 1 is 0.867 bits per heavy atom. The first kappa shape index (κ1) is 33.8. The van der Waals surface area contributed by atoms with Gasteiger partial charge in [0.2, 0.25) is 0 Å². The average molecular weight is 635 g/mol. The quantitative estimate of drug-likeness (QED) is 0.199. The van der Waals surface area contributed by atoms with E-state index in [0.717, 1.165) is 51.4 Å². The third kappa shape index (κ3) is 4.61. The average Bonchev–Trinajstić information content (AvgIpc) is 2.96. The standard InChI is InChI=1S/C36H58O9/c1-31(2)16-20-19-8-9-22-33(4)12-11-24(44-30-27(41)25(39)26(40)28(45-30)29(42)43)34(5,18-37)21(33)10-13-36(22,7)35(19,6)15-14-32(20,3)23(38)17-31/h8,20-28,30,37-41H,9-18H2,1-7H3,(H,42,43)/t20-,21-,22+,23-,24+,25+,26+,27+,28-,30-,32-,33+,34+,35-,36-/m1/s1. The number of hydrogen-bond donors (Lipinski definition) is 6. The summed E-state index contributed by atoms with van der Waals surface area (Å²) in [7, 11) is 0. The van der Waals surface area contributed by atoms with E-state index in [1.807, 2.05) is 6.92 Å². The van der Waals surface area contributed by atoms with Crippen LogP contribution in [0, 0.1) is 50.2 Å². The fourth-order valence-electron chi connectivity index (χ4n) is 12.2. The third-order valence-electron chi connectivity index (χ3n) is 15.3. The Morgan fingerprint density at radius 3 is 2.20 bits per heavy atom. The first-order valence-corrected chi connectivity index (χ1v) is 17.4. The summed E-state index contributed by atoms with van der Waals surface area (Å²) in [5.74, 6) is -0.570. The molecule has 6 rings (SSSR count). The van der Waals surface area contributed by atoms with E-state index < -0.39 is 48.2 Å². The highest BCUT2D eigenvalue weighted by atomic mass is 16.7. The highest BCUT2D eigenvalue weighted by Gasteiger charge is 2.69. The zero-order valence-corrected chi connectivity index (χ0v) is 28.3. The molecule has 5 aliphatic carbocycles. The number of ether oxygens (including phenoxy) is 2. The second-order valence-electron chi connectivity index (χ2n) is 18.0. The van der Waals surface area contributed by atoms with Gasteiger partial charge in [-0.3, -0.25) is 0 Å². The number of fused-ring (bicyclic) bond motifs is 7. The van der Waals surface area contributed by atoms with Gasteiger partial charge in [0.05, 0.1) is 18.8 Å². The summed E-state index contributed by atoms with van der Waals surface area (Å²) < 4.78 is 11.8. The molecular weight excluding hydrogens is 576 g/mol. The van der Waals surface area contributed by atoms with Gasteiger partial charge >= 0.3 is 5.97 Å². The molecular formula is C36H58O9. The van der Waals surface area contributed by atoms with Crippen LogP contribution in [0.15, 0.2) is 11.6 Å². The van der Waals surface area contributed by atoms with E-state index in [-0.39, 0.29) is 45.7 Å². The second kappa shape index (κ2) is 10.7. The smallest absolute Gasteiger partial charge is 0.335 e. The predicted molar refractivity (Wildman–Crippen MR) is 167 cm³/mol. The van der Waals surface area contributed by atoms with E-state index in [0.29, 0.717) is 18.3 Å². The largest absolute Gasteiger partial charge is 0.479 e. The molecule has 0 aromatic heterocycles. The maximum atomic E-state index is 11.7. The molecule has 15 atom stereocenters. The summed E-state index contributed by atoms with van der Waals surface area (Å²) in [6.45, 7) is 16.3. The van der Waals surface area contributed by atoms with Gasteiger partial charge in [-0.1, -0.05) is 60.1 Å². The number of carboxylic acid groups (broad SMARTS) is 1. The zero-order chi connectivity index (χ0) is 33.1. The number of allylic oxidation sites excluding steroid dienone is 2. The van der Waals surface area contributed by atoms with Crippen LogP contribution in [0.3, 0.4) is 0 Å². The minimum atomic E-state index is -1.78. The summed E-state index contributed by atoms with van der Waals surface area (Å²) in [6, 6.07) is 0. The van der Waals surface area contributed by atoms with Gasteiger partial charge in [0.25, 0.3) is 0 Å². The molecule has 45 heavy (non-hydrogen) atoms. The number of carbonyl (C=O) groups is 1. The van der Waals surface area contributed by atoms with Gasteiger partial charge in [-0.25, -0.2) is 4.79 Å². The van der Waals surface area contributed by atoms with Crippen LogP contribution in [0.5, 0.6) is 0 Å². The van der Waals surface area contributed by atoms with Gasteiger partial charge < -0.3 is 40.1 Å². The van der Waals surface area contributed by atoms with E-state index in [9.17, 15) is 35.4 Å². The summed E-state index contributed by atoms with van der Waals surface area (Å²) in [4.78, 5) is 11.7. The molecule has 0 radical (unpaired) electrons. The molecule has 0 spiro atoms. The van der Waals surface area contributed by atoms with Gasteiger partial charge in [-0.15, -0.1) is 0 Å². The van der Waals surface area contributed by atoms with Crippen molar-refractivity contribution < 1.29 is 44.9 Å². The lowest BCUT2D eigenvalue weighted by Crippen LogP contribution is -2.67. The van der Waals surface area contributed by atoms with Gasteiger partial charge in [-0.05, 0) is 97.2 Å². The highest BCUT2D eigenvalue weighted by molar-refractivity contribution is 5.73. The highest BCUT2D eigenvalue weighted by Crippen LogP contribution is 2.75. The van der Waals surface area contributed by atoms with Crippen LogP contribution < -0.4 is 0 Å². The fraction of sp³-hybridized carbons (Fsp3) is 0.917. The van der Waals surface area contributed by atoms with Crippen molar-refractivity contribution in [1.82, 2.24) is 0 Å². The van der Waals surface area contributed by atoms with Crippen molar-refractivity contribution in [2.45, 2.75) is 149 Å². The first-order chi connectivity index (χ1) is 20.8. The number of aliphatic hydroxyl groups excluding tert-OH is 5. The van der Waals surface area contributed by atoms with Gasteiger partial charge in [0.15, 0.2) is 12.4 Å². The van der Waals surface area contributed by atoms with E-state index in [2.05, 4.69) is 47.6 Å². The Labute approximate surface area is 268 Å². The Hall–Kier alpha value is -1.07. The lowest BCUT2D eigenvalue weighted by molar-refractivity contribution is -0.327. The van der Waals surface area contributed by atoms with Crippen molar-refractivity contribution in [1.29, 1.82) is 0 Å². The van der Waals surface area contributed by atoms with Crippen molar-refractivity contribution in [3.63, 3.8) is 0 Å². The van der Waals surface area contributed by atoms with Crippen LogP contribution in [0.25, 0.3) is 0 Å². The Kier molecular flexibility index (Phi) is 8.05. The third-order valence-corrected chi connectivity index (χ3v) is 15.3. The SMILES string of the molecule is CC1(C)C[C@@H](O)[C@]2(C)CC[C@]3(C)C(=CC[C@H]4[C@@]5(C)CC[C@H](O[C@@H]6O[C@@H](C(=O)O)[C@@H](O)[C@H](O)[C@@H]6O)[C@@](C)(CO)[C@@H]5CC[C@]43C)[C@H]2C1. The second-order valence-corrected chi connectivity index (χ2v) is 18.0. The van der Waals surface area contributed by atoms with Gasteiger partial charge in [-0.2, -0.15) is 0 Å². The zero-order valence-electron chi connectivity index (χ0n) is 28.3. The van der Waals surface area contributed by atoms with Crippen LogP contribution in [0.4, 0.5) is 0 Å². The normalized spacial score (nSPS) is 55.8. The molecule has 6 N–H and O–H groups in total. The summed E-state index contributed by atoms with van der Waals surface area (Å²) in [5, 5.41) is 63.3. The Morgan fingerprint density at radius 2 is 1.56 bits per heavy atom. The predicted octanol–water partition coefficient (Wildman–Crippen LogP) is 4.03. The fourth-order valence-corrected chi connectivity index (χ4v) is 12.2. The van der Waals surface area contributed by atoms with Crippen molar-refractivity contribution in [3.8, 4) is 0 Å². The van der Waals surface area contributed by atoms with Crippen molar-refractivity contribution >= 4 is 5.97 Å². The van der Waals surface area contributed by atoms with Crippen LogP contribution in [0.1, 0.15) is 106 Å². The molecule has 1 aliphatic heterocycles. The van der Waals surface area contributed by atoms with E-state index in [1.54, 1.807) is 5.57 Å². The van der Waals surface area contributed by atoms with Gasteiger partial charge in [0, 0.05) is 10.8 Å². The van der Waals surface area contributed by atoms with Crippen molar-refractivity contribution in [2.75, 3.05) is 6.61 Å². The number of rotatable bonds is 4. The van der Waals surface area contributed by atoms with E-state index >= 15 is 0 Å². The van der Waals surface area contributed by atoms with Crippen LogP contribution in [-0.4, -0.2) is 86.1 Å². The Bertz CT molecular complexity index is 1220.